The van der Waals surface area contributed by atoms with Crippen molar-refractivity contribution in [2.24, 2.45) is 7.05 Å². The topological polar surface area (TPSA) is 39.1 Å². The van der Waals surface area contributed by atoms with E-state index in [1.165, 1.54) is 25.7 Å². The lowest BCUT2D eigenvalue weighted by Gasteiger charge is -2.39. The molecule has 2 rings (SSSR count). The summed E-state index contributed by atoms with van der Waals surface area (Å²) in [6.07, 6.45) is 11.3. The van der Waals surface area contributed by atoms with Crippen LogP contribution in [0.1, 0.15) is 57.3 Å². The predicted octanol–water partition coefficient (Wildman–Crippen LogP) is 2.81. The van der Waals surface area contributed by atoms with Crippen molar-refractivity contribution in [1.82, 2.24) is 14.9 Å². The van der Waals surface area contributed by atoms with Crippen molar-refractivity contribution < 1.29 is 4.74 Å². The molecule has 1 unspecified atom stereocenters. The van der Waals surface area contributed by atoms with Crippen molar-refractivity contribution in [3.8, 4) is 0 Å². The lowest BCUT2D eigenvalue weighted by molar-refractivity contribution is -0.0790. The van der Waals surface area contributed by atoms with Gasteiger partial charge >= 0.3 is 0 Å². The van der Waals surface area contributed by atoms with Crippen LogP contribution in [0.3, 0.4) is 0 Å². The Morgan fingerprint density at radius 2 is 2.05 bits per heavy atom. The van der Waals surface area contributed by atoms with Gasteiger partial charge in [0.25, 0.3) is 0 Å². The number of imidazole rings is 1. The molecule has 0 amide bonds. The van der Waals surface area contributed by atoms with Crippen LogP contribution in [-0.2, 0) is 11.8 Å². The first-order valence-corrected chi connectivity index (χ1v) is 7.52. The molecule has 1 aromatic rings. The molecule has 4 nitrogen and oxygen atoms in total. The molecule has 0 spiro atoms. The van der Waals surface area contributed by atoms with E-state index in [4.69, 9.17) is 4.74 Å². The second-order valence-electron chi connectivity index (χ2n) is 5.53. The van der Waals surface area contributed by atoms with E-state index in [9.17, 15) is 0 Å². The normalized spacial score (nSPS) is 21.0. The molecular weight excluding hydrogens is 238 g/mol. The number of likely N-dealkylation sites (N-methyl/N-ethyl adjacent to an activating group) is 1. The second kappa shape index (κ2) is 6.53. The monoisotopic (exact) mass is 265 g/mol. The van der Waals surface area contributed by atoms with Crippen LogP contribution in [0.25, 0.3) is 0 Å². The maximum absolute atomic E-state index is 6.27. The lowest BCUT2D eigenvalue weighted by atomic mass is 9.85. The largest absolute Gasteiger partial charge is 0.373 e. The summed E-state index contributed by atoms with van der Waals surface area (Å²) in [5.41, 5.74) is -0.0981. The number of ether oxygens (including phenoxy) is 1. The van der Waals surface area contributed by atoms with Gasteiger partial charge < -0.3 is 14.6 Å². The molecule has 1 aliphatic rings. The Hall–Kier alpha value is -0.870. The van der Waals surface area contributed by atoms with Crippen LogP contribution in [0, 0.1) is 0 Å². The Morgan fingerprint density at radius 3 is 2.53 bits per heavy atom. The standard InChI is InChI=1S/C15H27N3O/c1-4-19-15(9-7-5-6-8-10-15)13(16-2)14-17-11-12-18(14)3/h11-13,16H,4-10H2,1-3H3. The molecule has 19 heavy (non-hydrogen) atoms. The van der Waals surface area contributed by atoms with Crippen molar-refractivity contribution in [1.29, 1.82) is 0 Å². The predicted molar refractivity (Wildman–Crippen MR) is 77.1 cm³/mol. The highest BCUT2D eigenvalue weighted by Crippen LogP contribution is 2.39. The van der Waals surface area contributed by atoms with Gasteiger partial charge in [-0.2, -0.15) is 0 Å². The van der Waals surface area contributed by atoms with Crippen LogP contribution in [0.4, 0.5) is 0 Å². The average molecular weight is 265 g/mol. The van der Waals surface area contributed by atoms with E-state index in [2.05, 4.69) is 28.8 Å². The molecule has 1 saturated carbocycles. The van der Waals surface area contributed by atoms with E-state index in [1.54, 1.807) is 0 Å². The third kappa shape index (κ3) is 3.00. The quantitative estimate of drug-likeness (QED) is 0.832. The maximum atomic E-state index is 6.27. The van der Waals surface area contributed by atoms with E-state index < -0.39 is 0 Å². The first-order valence-electron chi connectivity index (χ1n) is 7.52. The number of nitrogens with one attached hydrogen (secondary N) is 1. The fourth-order valence-corrected chi connectivity index (χ4v) is 3.41. The van der Waals surface area contributed by atoms with Crippen LogP contribution < -0.4 is 5.32 Å². The number of hydrogen-bond donors (Lipinski definition) is 1. The zero-order chi connectivity index (χ0) is 13.7. The third-order valence-electron chi connectivity index (χ3n) is 4.31. The molecule has 4 heteroatoms. The fraction of sp³-hybridized carbons (Fsp3) is 0.800. The molecule has 1 heterocycles. The molecule has 1 N–H and O–H groups in total. The van der Waals surface area contributed by atoms with Gasteiger partial charge in [-0.15, -0.1) is 0 Å². The molecule has 1 aliphatic carbocycles. The van der Waals surface area contributed by atoms with Gasteiger partial charge in [0.05, 0.1) is 11.6 Å². The fourth-order valence-electron chi connectivity index (χ4n) is 3.41. The van der Waals surface area contributed by atoms with Gasteiger partial charge in [0.2, 0.25) is 0 Å². The highest BCUT2D eigenvalue weighted by Gasteiger charge is 2.41. The van der Waals surface area contributed by atoms with Crippen molar-refractivity contribution in [3.05, 3.63) is 18.2 Å². The van der Waals surface area contributed by atoms with Gasteiger partial charge in [-0.1, -0.05) is 25.7 Å². The van der Waals surface area contributed by atoms with Crippen molar-refractivity contribution in [2.45, 2.75) is 57.1 Å². The van der Waals surface area contributed by atoms with Gasteiger partial charge in [-0.3, -0.25) is 0 Å². The number of hydrogen-bond acceptors (Lipinski definition) is 3. The Kier molecular flexibility index (Phi) is 4.99. The number of rotatable bonds is 5. The SMILES string of the molecule is CCOC1(C(NC)c2nccn2C)CCCCCC1. The smallest absolute Gasteiger partial charge is 0.128 e. The van der Waals surface area contributed by atoms with E-state index >= 15 is 0 Å². The molecule has 0 aromatic carbocycles. The number of aromatic nitrogens is 2. The average Bonchev–Trinajstić information content (AvgIpc) is 2.68. The van der Waals surface area contributed by atoms with Crippen LogP contribution in [0.2, 0.25) is 0 Å². The minimum absolute atomic E-state index is 0.0981. The highest BCUT2D eigenvalue weighted by molar-refractivity contribution is 5.08. The van der Waals surface area contributed by atoms with Crippen molar-refractivity contribution >= 4 is 0 Å². The van der Waals surface area contributed by atoms with Gasteiger partial charge in [0.1, 0.15) is 5.82 Å². The second-order valence-corrected chi connectivity index (χ2v) is 5.53. The molecule has 1 atom stereocenters. The zero-order valence-electron chi connectivity index (χ0n) is 12.5. The van der Waals surface area contributed by atoms with Gasteiger partial charge in [-0.25, -0.2) is 4.98 Å². The highest BCUT2D eigenvalue weighted by atomic mass is 16.5. The van der Waals surface area contributed by atoms with Crippen molar-refractivity contribution in [2.75, 3.05) is 13.7 Å². The lowest BCUT2D eigenvalue weighted by Crippen LogP contribution is -2.46. The Bertz CT molecular complexity index is 380. The summed E-state index contributed by atoms with van der Waals surface area (Å²) in [6, 6.07) is 0.172. The third-order valence-corrected chi connectivity index (χ3v) is 4.31. The summed E-state index contributed by atoms with van der Waals surface area (Å²) >= 11 is 0. The summed E-state index contributed by atoms with van der Waals surface area (Å²) in [7, 11) is 4.08. The molecule has 1 fully saturated rings. The minimum Gasteiger partial charge on any atom is -0.373 e. The van der Waals surface area contributed by atoms with Crippen LogP contribution >= 0.6 is 0 Å². The summed E-state index contributed by atoms with van der Waals surface area (Å²) in [5, 5.41) is 3.46. The minimum atomic E-state index is -0.0981. The Morgan fingerprint density at radius 1 is 1.37 bits per heavy atom. The van der Waals surface area contributed by atoms with E-state index in [0.29, 0.717) is 0 Å². The van der Waals surface area contributed by atoms with Gasteiger partial charge in [0.15, 0.2) is 0 Å². The van der Waals surface area contributed by atoms with Gasteiger partial charge in [-0.05, 0) is 26.8 Å². The molecule has 1 aromatic heterocycles. The van der Waals surface area contributed by atoms with E-state index in [-0.39, 0.29) is 11.6 Å². The molecule has 0 saturated heterocycles. The summed E-state index contributed by atoms with van der Waals surface area (Å²) < 4.78 is 8.37. The summed E-state index contributed by atoms with van der Waals surface area (Å²) in [6.45, 7) is 2.86. The molecule has 0 aliphatic heterocycles. The molecule has 0 radical (unpaired) electrons. The first kappa shape index (κ1) is 14.5. The molecular formula is C15H27N3O. The Balaban J connectivity index is 2.31. The summed E-state index contributed by atoms with van der Waals surface area (Å²) in [4.78, 5) is 4.54. The van der Waals surface area contributed by atoms with Crippen LogP contribution in [-0.4, -0.2) is 28.8 Å². The van der Waals surface area contributed by atoms with E-state index in [1.807, 2.05) is 19.4 Å². The zero-order valence-corrected chi connectivity index (χ0v) is 12.5. The van der Waals surface area contributed by atoms with Crippen molar-refractivity contribution in [3.63, 3.8) is 0 Å². The Labute approximate surface area is 116 Å². The van der Waals surface area contributed by atoms with E-state index in [0.717, 1.165) is 25.3 Å². The number of aryl methyl sites for hydroxylation is 1. The summed E-state index contributed by atoms with van der Waals surface area (Å²) in [5.74, 6) is 1.08. The number of nitrogens with zero attached hydrogens (tertiary/aromatic N) is 2. The first-order chi connectivity index (χ1) is 9.23. The van der Waals surface area contributed by atoms with Crippen LogP contribution in [0.15, 0.2) is 12.4 Å². The molecule has 0 bridgehead atoms. The van der Waals surface area contributed by atoms with Gasteiger partial charge in [0, 0.05) is 26.0 Å². The van der Waals surface area contributed by atoms with Crippen LogP contribution in [0.5, 0.6) is 0 Å². The maximum Gasteiger partial charge on any atom is 0.128 e. The molecule has 108 valence electrons.